The Labute approximate surface area is 87.3 Å². The third-order valence-electron chi connectivity index (χ3n) is 1.66. The van der Waals surface area contributed by atoms with Gasteiger partial charge in [0.25, 0.3) is 0 Å². The Hall–Kier alpha value is -1.82. The summed E-state index contributed by atoms with van der Waals surface area (Å²) in [6.07, 6.45) is 1.52. The van der Waals surface area contributed by atoms with Crippen LogP contribution >= 0.6 is 0 Å². The fourth-order valence-corrected chi connectivity index (χ4v) is 0.935. The van der Waals surface area contributed by atoms with Crippen LogP contribution in [0, 0.1) is 0 Å². The maximum absolute atomic E-state index is 8.46. The van der Waals surface area contributed by atoms with Gasteiger partial charge in [0.15, 0.2) is 5.84 Å². The Morgan fingerprint density at radius 2 is 2.40 bits per heavy atom. The van der Waals surface area contributed by atoms with Crippen LogP contribution in [0.4, 0.5) is 0 Å². The molecule has 82 valence electrons. The standard InChI is InChI=1S/C9H13N3O3/c1-14-4-5-15-7-2-3-11-8(6-7)9(10)12-13/h2-3,6,13H,4-5H2,1H3,(H2,10,12). The summed E-state index contributed by atoms with van der Waals surface area (Å²) in [6.45, 7) is 0.942. The minimum Gasteiger partial charge on any atom is -0.491 e. The molecule has 1 heterocycles. The molecule has 0 unspecified atom stereocenters. The third kappa shape index (κ3) is 3.43. The Morgan fingerprint density at radius 1 is 1.60 bits per heavy atom. The first-order valence-electron chi connectivity index (χ1n) is 4.33. The summed E-state index contributed by atoms with van der Waals surface area (Å²) in [4.78, 5) is 3.91. The summed E-state index contributed by atoms with van der Waals surface area (Å²) in [7, 11) is 1.59. The molecule has 0 aliphatic carbocycles. The van der Waals surface area contributed by atoms with Crippen molar-refractivity contribution in [2.24, 2.45) is 10.9 Å². The molecule has 0 radical (unpaired) electrons. The highest BCUT2D eigenvalue weighted by atomic mass is 16.5. The van der Waals surface area contributed by atoms with Gasteiger partial charge in [-0.2, -0.15) is 0 Å². The molecule has 0 aromatic carbocycles. The Bertz CT molecular complexity index is 341. The fourth-order valence-electron chi connectivity index (χ4n) is 0.935. The highest BCUT2D eigenvalue weighted by molar-refractivity contribution is 5.95. The maximum Gasteiger partial charge on any atom is 0.188 e. The van der Waals surface area contributed by atoms with Gasteiger partial charge in [-0.3, -0.25) is 4.98 Å². The van der Waals surface area contributed by atoms with Crippen LogP contribution in [-0.2, 0) is 4.74 Å². The number of pyridine rings is 1. The average molecular weight is 211 g/mol. The molecule has 6 nitrogen and oxygen atoms in total. The second-order valence-electron chi connectivity index (χ2n) is 2.70. The van der Waals surface area contributed by atoms with E-state index in [9.17, 15) is 0 Å². The monoisotopic (exact) mass is 211 g/mol. The van der Waals surface area contributed by atoms with E-state index in [-0.39, 0.29) is 5.84 Å². The van der Waals surface area contributed by atoms with Gasteiger partial charge in [0.05, 0.1) is 6.61 Å². The number of rotatable bonds is 5. The Balaban J connectivity index is 2.66. The molecule has 0 saturated heterocycles. The van der Waals surface area contributed by atoms with Crippen LogP contribution in [0.3, 0.4) is 0 Å². The second kappa shape index (κ2) is 5.82. The fraction of sp³-hybridized carbons (Fsp3) is 0.333. The van der Waals surface area contributed by atoms with Crippen molar-refractivity contribution < 1.29 is 14.7 Å². The first-order valence-corrected chi connectivity index (χ1v) is 4.33. The first kappa shape index (κ1) is 11.3. The summed E-state index contributed by atoms with van der Waals surface area (Å²) in [5, 5.41) is 11.3. The van der Waals surface area contributed by atoms with Crippen molar-refractivity contribution in [3.8, 4) is 5.75 Å². The number of nitrogens with zero attached hydrogens (tertiary/aromatic N) is 2. The minimum absolute atomic E-state index is 0.0489. The number of hydrogen-bond donors (Lipinski definition) is 2. The molecule has 1 aromatic rings. The molecule has 1 rings (SSSR count). The molecule has 0 aliphatic heterocycles. The zero-order valence-corrected chi connectivity index (χ0v) is 8.38. The molecule has 15 heavy (non-hydrogen) atoms. The molecule has 0 saturated carbocycles. The maximum atomic E-state index is 8.46. The van der Waals surface area contributed by atoms with E-state index >= 15 is 0 Å². The second-order valence-corrected chi connectivity index (χ2v) is 2.70. The third-order valence-corrected chi connectivity index (χ3v) is 1.66. The Morgan fingerprint density at radius 3 is 3.07 bits per heavy atom. The van der Waals surface area contributed by atoms with Crippen LogP contribution < -0.4 is 10.5 Å². The number of ether oxygens (including phenoxy) is 2. The van der Waals surface area contributed by atoms with Crippen LogP contribution in [0.15, 0.2) is 23.5 Å². The average Bonchev–Trinajstić information content (AvgIpc) is 2.29. The summed E-state index contributed by atoms with van der Waals surface area (Å²) in [6, 6.07) is 3.27. The van der Waals surface area contributed by atoms with E-state index in [1.54, 1.807) is 19.2 Å². The van der Waals surface area contributed by atoms with Crippen LogP contribution in [-0.4, -0.2) is 36.4 Å². The van der Waals surface area contributed by atoms with Gasteiger partial charge in [-0.05, 0) is 6.07 Å². The lowest BCUT2D eigenvalue weighted by atomic mass is 10.3. The van der Waals surface area contributed by atoms with E-state index in [1.807, 2.05) is 0 Å². The number of hydrogen-bond acceptors (Lipinski definition) is 5. The predicted octanol–water partition coefficient (Wildman–Crippen LogP) is 0.201. The SMILES string of the molecule is COCCOc1ccnc(C(N)=NO)c1. The van der Waals surface area contributed by atoms with Gasteiger partial charge in [-0.25, -0.2) is 0 Å². The highest BCUT2D eigenvalue weighted by Crippen LogP contribution is 2.10. The summed E-state index contributed by atoms with van der Waals surface area (Å²) >= 11 is 0. The van der Waals surface area contributed by atoms with Crippen molar-refractivity contribution in [2.75, 3.05) is 20.3 Å². The van der Waals surface area contributed by atoms with Crippen LogP contribution in [0.5, 0.6) is 5.75 Å². The zero-order chi connectivity index (χ0) is 11.1. The van der Waals surface area contributed by atoms with Crippen molar-refractivity contribution in [3.63, 3.8) is 0 Å². The highest BCUT2D eigenvalue weighted by Gasteiger charge is 2.02. The predicted molar refractivity (Wildman–Crippen MR) is 54.1 cm³/mol. The summed E-state index contributed by atoms with van der Waals surface area (Å²) in [5.74, 6) is 0.552. The van der Waals surface area contributed by atoms with Crippen molar-refractivity contribution in [3.05, 3.63) is 24.0 Å². The minimum atomic E-state index is -0.0489. The van der Waals surface area contributed by atoms with Gasteiger partial charge in [0.1, 0.15) is 18.1 Å². The van der Waals surface area contributed by atoms with E-state index in [0.717, 1.165) is 0 Å². The lowest BCUT2D eigenvalue weighted by Crippen LogP contribution is -2.15. The molecular formula is C9H13N3O3. The van der Waals surface area contributed by atoms with E-state index in [2.05, 4.69) is 10.1 Å². The first-order chi connectivity index (χ1) is 7.27. The lowest BCUT2D eigenvalue weighted by Gasteiger charge is -2.05. The normalized spacial score (nSPS) is 11.4. The number of amidine groups is 1. The molecule has 0 spiro atoms. The quantitative estimate of drug-likeness (QED) is 0.239. The van der Waals surface area contributed by atoms with Crippen molar-refractivity contribution >= 4 is 5.84 Å². The molecule has 0 bridgehead atoms. The molecule has 0 aliphatic rings. The Kier molecular flexibility index (Phi) is 4.36. The van der Waals surface area contributed by atoms with Crippen LogP contribution in [0.2, 0.25) is 0 Å². The number of methoxy groups -OCH3 is 1. The van der Waals surface area contributed by atoms with Gasteiger partial charge in [0, 0.05) is 19.4 Å². The number of nitrogens with two attached hydrogens (primary N) is 1. The topological polar surface area (TPSA) is 90.0 Å². The van der Waals surface area contributed by atoms with Crippen molar-refractivity contribution in [1.82, 2.24) is 4.98 Å². The number of oxime groups is 1. The van der Waals surface area contributed by atoms with E-state index in [0.29, 0.717) is 24.7 Å². The van der Waals surface area contributed by atoms with Crippen LogP contribution in [0.1, 0.15) is 5.69 Å². The summed E-state index contributed by atoms with van der Waals surface area (Å²) < 4.78 is 10.2. The molecule has 0 fully saturated rings. The molecule has 1 aromatic heterocycles. The van der Waals surface area contributed by atoms with Gasteiger partial charge in [-0.15, -0.1) is 0 Å². The van der Waals surface area contributed by atoms with Gasteiger partial charge in [-0.1, -0.05) is 5.16 Å². The lowest BCUT2D eigenvalue weighted by molar-refractivity contribution is 0.146. The van der Waals surface area contributed by atoms with E-state index < -0.39 is 0 Å². The zero-order valence-electron chi connectivity index (χ0n) is 8.38. The van der Waals surface area contributed by atoms with Gasteiger partial charge >= 0.3 is 0 Å². The van der Waals surface area contributed by atoms with Crippen LogP contribution in [0.25, 0.3) is 0 Å². The largest absolute Gasteiger partial charge is 0.491 e. The molecule has 0 amide bonds. The molecule has 0 atom stereocenters. The molecule has 3 N–H and O–H groups in total. The van der Waals surface area contributed by atoms with Crippen molar-refractivity contribution in [1.29, 1.82) is 0 Å². The van der Waals surface area contributed by atoms with E-state index in [4.69, 9.17) is 20.4 Å². The molecule has 6 heteroatoms. The van der Waals surface area contributed by atoms with Crippen molar-refractivity contribution in [2.45, 2.75) is 0 Å². The van der Waals surface area contributed by atoms with E-state index in [1.165, 1.54) is 6.20 Å². The number of aromatic nitrogens is 1. The van der Waals surface area contributed by atoms with Gasteiger partial charge in [0.2, 0.25) is 0 Å². The molecular weight excluding hydrogens is 198 g/mol. The van der Waals surface area contributed by atoms with Gasteiger partial charge < -0.3 is 20.4 Å². The smallest absolute Gasteiger partial charge is 0.188 e. The summed E-state index contributed by atoms with van der Waals surface area (Å²) in [5.41, 5.74) is 5.74.